The van der Waals surface area contributed by atoms with E-state index in [4.69, 9.17) is 32.7 Å². The van der Waals surface area contributed by atoms with Crippen LogP contribution in [0.1, 0.15) is 29.7 Å². The molecule has 3 rings (SSSR count). The van der Waals surface area contributed by atoms with Crippen LogP contribution >= 0.6 is 35.6 Å². The van der Waals surface area contributed by atoms with Gasteiger partial charge in [0.05, 0.1) is 7.11 Å². The maximum atomic E-state index is 6.27. The molecule has 0 aliphatic heterocycles. The molecule has 0 aromatic heterocycles. The third-order valence-electron chi connectivity index (χ3n) is 4.57. The lowest BCUT2D eigenvalue weighted by Crippen LogP contribution is -2.18. The van der Waals surface area contributed by atoms with Gasteiger partial charge in [-0.1, -0.05) is 71.7 Å². The van der Waals surface area contributed by atoms with E-state index in [1.165, 1.54) is 5.56 Å². The van der Waals surface area contributed by atoms with E-state index < -0.39 is 0 Å². The molecule has 0 radical (unpaired) electrons. The number of hydrogen-bond donors (Lipinski definition) is 1. The maximum absolute atomic E-state index is 6.27. The topological polar surface area (TPSA) is 30.5 Å². The highest BCUT2D eigenvalue weighted by Crippen LogP contribution is 2.33. The molecule has 3 nitrogen and oxygen atoms in total. The van der Waals surface area contributed by atoms with E-state index in [9.17, 15) is 0 Å². The Hall–Kier alpha value is -1.91. The van der Waals surface area contributed by atoms with Gasteiger partial charge in [-0.15, -0.1) is 12.4 Å². The summed E-state index contributed by atoms with van der Waals surface area (Å²) in [5, 5.41) is 4.73. The highest BCUT2D eigenvalue weighted by Gasteiger charge is 2.13. The van der Waals surface area contributed by atoms with Crippen LogP contribution in [-0.2, 0) is 13.2 Å². The monoisotopic (exact) mass is 451 g/mol. The lowest BCUT2D eigenvalue weighted by molar-refractivity contribution is 0.280. The van der Waals surface area contributed by atoms with Crippen molar-refractivity contribution in [1.82, 2.24) is 5.32 Å². The SMILES string of the molecule is COc1cccc(CNC(C)c2ccccc2)c1OCc1ccc(Cl)cc1Cl.Cl. The standard InChI is InChI=1S/C23H23Cl2NO2.ClH/c1-16(17-7-4-3-5-8-17)26-14-18-9-6-10-22(27-2)23(18)28-15-19-11-12-20(24)13-21(19)25;/h3-13,16,26H,14-15H2,1-2H3;1H. The summed E-state index contributed by atoms with van der Waals surface area (Å²) in [6.45, 7) is 3.12. The van der Waals surface area contributed by atoms with Crippen LogP contribution in [0.2, 0.25) is 10.0 Å². The highest BCUT2D eigenvalue weighted by molar-refractivity contribution is 6.35. The number of ether oxygens (including phenoxy) is 2. The first kappa shape index (κ1) is 23.4. The van der Waals surface area contributed by atoms with E-state index in [1.54, 1.807) is 19.2 Å². The Balaban J connectivity index is 0.00000300. The molecule has 1 unspecified atom stereocenters. The van der Waals surface area contributed by atoms with E-state index in [0.717, 1.165) is 11.1 Å². The van der Waals surface area contributed by atoms with Crippen molar-refractivity contribution in [2.45, 2.75) is 26.1 Å². The van der Waals surface area contributed by atoms with Crippen LogP contribution in [0.4, 0.5) is 0 Å². The Labute approximate surface area is 188 Å². The molecule has 0 aliphatic rings. The predicted molar refractivity (Wildman–Crippen MR) is 123 cm³/mol. The van der Waals surface area contributed by atoms with Crippen molar-refractivity contribution in [3.05, 3.63) is 93.5 Å². The second-order valence-corrected chi connectivity index (χ2v) is 7.33. The molecule has 0 aliphatic carbocycles. The molecule has 154 valence electrons. The van der Waals surface area contributed by atoms with Gasteiger partial charge in [0.2, 0.25) is 0 Å². The van der Waals surface area contributed by atoms with Crippen LogP contribution in [0.5, 0.6) is 11.5 Å². The lowest BCUT2D eigenvalue weighted by atomic mass is 10.1. The minimum absolute atomic E-state index is 0. The van der Waals surface area contributed by atoms with Crippen LogP contribution < -0.4 is 14.8 Å². The summed E-state index contributed by atoms with van der Waals surface area (Å²) < 4.78 is 11.6. The van der Waals surface area contributed by atoms with Crippen LogP contribution in [0, 0.1) is 0 Å². The second-order valence-electron chi connectivity index (χ2n) is 6.49. The van der Waals surface area contributed by atoms with Gasteiger partial charge in [0, 0.05) is 33.8 Å². The lowest BCUT2D eigenvalue weighted by Gasteiger charge is -2.18. The fraction of sp³-hybridized carbons (Fsp3) is 0.217. The van der Waals surface area contributed by atoms with Gasteiger partial charge in [-0.05, 0) is 30.7 Å². The molecule has 0 bridgehead atoms. The zero-order valence-electron chi connectivity index (χ0n) is 16.3. The summed E-state index contributed by atoms with van der Waals surface area (Å²) in [5.41, 5.74) is 3.13. The molecule has 0 spiro atoms. The molecule has 0 saturated heterocycles. The smallest absolute Gasteiger partial charge is 0.166 e. The van der Waals surface area contributed by atoms with Crippen molar-refractivity contribution in [2.75, 3.05) is 7.11 Å². The average molecular weight is 453 g/mol. The van der Waals surface area contributed by atoms with Gasteiger partial charge in [-0.25, -0.2) is 0 Å². The van der Waals surface area contributed by atoms with Crippen LogP contribution in [0.15, 0.2) is 66.7 Å². The summed E-state index contributed by atoms with van der Waals surface area (Å²) in [6, 6.07) is 21.8. The number of methoxy groups -OCH3 is 1. The van der Waals surface area contributed by atoms with Gasteiger partial charge in [-0.2, -0.15) is 0 Å². The first-order valence-electron chi connectivity index (χ1n) is 9.09. The summed E-state index contributed by atoms with van der Waals surface area (Å²) >= 11 is 12.2. The van der Waals surface area contributed by atoms with Crippen molar-refractivity contribution in [3.63, 3.8) is 0 Å². The summed E-state index contributed by atoms with van der Waals surface area (Å²) in [7, 11) is 1.64. The Morgan fingerprint density at radius 2 is 1.69 bits per heavy atom. The zero-order chi connectivity index (χ0) is 19.9. The van der Waals surface area contributed by atoms with Gasteiger partial charge in [0.25, 0.3) is 0 Å². The van der Waals surface area contributed by atoms with Crippen molar-refractivity contribution in [2.24, 2.45) is 0 Å². The molecule has 3 aromatic rings. The number of hydrogen-bond acceptors (Lipinski definition) is 3. The van der Waals surface area contributed by atoms with Gasteiger partial charge in [0.1, 0.15) is 6.61 Å². The first-order valence-corrected chi connectivity index (χ1v) is 9.85. The molecule has 0 heterocycles. The molecule has 3 aromatic carbocycles. The Bertz CT molecular complexity index is 919. The van der Waals surface area contributed by atoms with E-state index in [1.807, 2.05) is 42.5 Å². The summed E-state index contributed by atoms with van der Waals surface area (Å²) in [5.74, 6) is 1.40. The van der Waals surface area contributed by atoms with E-state index in [2.05, 4.69) is 24.4 Å². The minimum atomic E-state index is 0. The molecule has 1 atom stereocenters. The van der Waals surface area contributed by atoms with Crippen LogP contribution in [-0.4, -0.2) is 7.11 Å². The molecule has 0 saturated carbocycles. The summed E-state index contributed by atoms with van der Waals surface area (Å²) in [6.07, 6.45) is 0. The maximum Gasteiger partial charge on any atom is 0.166 e. The van der Waals surface area contributed by atoms with Crippen molar-refractivity contribution in [3.8, 4) is 11.5 Å². The molecule has 6 heteroatoms. The Morgan fingerprint density at radius 3 is 2.38 bits per heavy atom. The van der Waals surface area contributed by atoms with Crippen LogP contribution in [0.3, 0.4) is 0 Å². The van der Waals surface area contributed by atoms with E-state index >= 15 is 0 Å². The molecular weight excluding hydrogens is 429 g/mol. The number of halogens is 3. The Kier molecular flexibility index (Phi) is 9.12. The number of benzene rings is 3. The molecule has 0 amide bonds. The summed E-state index contributed by atoms with van der Waals surface area (Å²) in [4.78, 5) is 0. The molecular formula is C23H24Cl3NO2. The third kappa shape index (κ3) is 6.28. The molecule has 1 N–H and O–H groups in total. The normalized spacial score (nSPS) is 11.4. The quantitative estimate of drug-likeness (QED) is 0.405. The fourth-order valence-electron chi connectivity index (χ4n) is 2.94. The third-order valence-corrected chi connectivity index (χ3v) is 5.15. The van der Waals surface area contributed by atoms with Crippen molar-refractivity contribution in [1.29, 1.82) is 0 Å². The zero-order valence-corrected chi connectivity index (χ0v) is 18.7. The fourth-order valence-corrected chi connectivity index (χ4v) is 3.40. The average Bonchev–Trinajstić information content (AvgIpc) is 2.72. The van der Waals surface area contributed by atoms with Gasteiger partial charge in [0.15, 0.2) is 11.5 Å². The van der Waals surface area contributed by atoms with Crippen molar-refractivity contribution >= 4 is 35.6 Å². The largest absolute Gasteiger partial charge is 0.493 e. The minimum Gasteiger partial charge on any atom is -0.493 e. The highest BCUT2D eigenvalue weighted by atomic mass is 35.5. The van der Waals surface area contributed by atoms with E-state index in [-0.39, 0.29) is 18.4 Å². The predicted octanol–water partition coefficient (Wildman–Crippen LogP) is 6.85. The van der Waals surface area contributed by atoms with E-state index in [0.29, 0.717) is 34.7 Å². The molecule has 0 fully saturated rings. The second kappa shape index (κ2) is 11.3. The van der Waals surface area contributed by atoms with Gasteiger partial charge in [-0.3, -0.25) is 0 Å². The number of rotatable bonds is 8. The molecule has 29 heavy (non-hydrogen) atoms. The Morgan fingerprint density at radius 1 is 0.931 bits per heavy atom. The van der Waals surface area contributed by atoms with Gasteiger partial charge < -0.3 is 14.8 Å². The number of nitrogens with one attached hydrogen (secondary N) is 1. The van der Waals surface area contributed by atoms with Crippen molar-refractivity contribution < 1.29 is 9.47 Å². The first-order chi connectivity index (χ1) is 13.6. The van der Waals surface area contributed by atoms with Gasteiger partial charge >= 0.3 is 0 Å². The number of para-hydroxylation sites is 1. The van der Waals surface area contributed by atoms with Crippen LogP contribution in [0.25, 0.3) is 0 Å².